The quantitative estimate of drug-likeness (QED) is 0.412. The average molecular weight is 385 g/mol. The molecule has 1 aliphatic rings. The first-order valence-electron chi connectivity index (χ1n) is 9.30. The van der Waals surface area contributed by atoms with Crippen LogP contribution in [-0.2, 0) is 16.0 Å². The lowest BCUT2D eigenvalue weighted by molar-refractivity contribution is -0.114. The van der Waals surface area contributed by atoms with Gasteiger partial charge in [0.15, 0.2) is 12.4 Å². The Kier molecular flexibility index (Phi) is 4.96. The SMILES string of the molecule is CC(=O)Nc1cccc(C(=O)OCC(=O)c2ccc3c(c2)-c2ccccc2C3)c1. The van der Waals surface area contributed by atoms with Gasteiger partial charge in [0.1, 0.15) is 0 Å². The van der Waals surface area contributed by atoms with Crippen LogP contribution in [0.3, 0.4) is 0 Å². The van der Waals surface area contributed by atoms with E-state index in [-0.39, 0.29) is 23.9 Å². The first kappa shape index (κ1) is 18.6. The molecule has 144 valence electrons. The molecule has 3 aromatic rings. The number of amides is 1. The molecule has 29 heavy (non-hydrogen) atoms. The normalized spacial score (nSPS) is 11.3. The standard InChI is InChI=1S/C24H19NO4/c1-15(26)25-20-7-4-6-19(12-20)24(28)29-14-23(27)18-10-9-17-11-16-5-2-3-8-21(16)22(17)13-18/h2-10,12-13H,11,14H2,1H3,(H,25,26). The molecule has 0 heterocycles. The van der Waals surface area contributed by atoms with Crippen LogP contribution in [0.4, 0.5) is 5.69 Å². The molecule has 3 aromatic carbocycles. The van der Waals surface area contributed by atoms with Crippen molar-refractivity contribution in [2.75, 3.05) is 11.9 Å². The minimum Gasteiger partial charge on any atom is -0.454 e. The van der Waals surface area contributed by atoms with Gasteiger partial charge in [0.25, 0.3) is 0 Å². The van der Waals surface area contributed by atoms with Crippen molar-refractivity contribution in [3.05, 3.63) is 89.0 Å². The number of anilines is 1. The monoisotopic (exact) mass is 385 g/mol. The molecule has 5 heteroatoms. The third-order valence-corrected chi connectivity index (χ3v) is 4.87. The Morgan fingerprint density at radius 3 is 2.48 bits per heavy atom. The Balaban J connectivity index is 1.45. The number of fused-ring (bicyclic) bond motifs is 3. The van der Waals surface area contributed by atoms with Crippen LogP contribution in [0.15, 0.2) is 66.7 Å². The molecule has 0 radical (unpaired) electrons. The lowest BCUT2D eigenvalue weighted by Gasteiger charge is -2.08. The van der Waals surface area contributed by atoms with Gasteiger partial charge in [-0.15, -0.1) is 0 Å². The van der Waals surface area contributed by atoms with Crippen LogP contribution in [0.1, 0.15) is 38.8 Å². The van der Waals surface area contributed by atoms with Gasteiger partial charge in [-0.25, -0.2) is 4.79 Å². The summed E-state index contributed by atoms with van der Waals surface area (Å²) in [4.78, 5) is 36.0. The topological polar surface area (TPSA) is 72.5 Å². The maximum atomic E-state index is 12.6. The molecule has 0 spiro atoms. The summed E-state index contributed by atoms with van der Waals surface area (Å²) in [5, 5.41) is 2.61. The third-order valence-electron chi connectivity index (χ3n) is 4.87. The molecular weight excluding hydrogens is 366 g/mol. The number of ketones is 1. The number of hydrogen-bond acceptors (Lipinski definition) is 4. The maximum absolute atomic E-state index is 12.6. The Hall–Kier alpha value is -3.73. The smallest absolute Gasteiger partial charge is 0.338 e. The Morgan fingerprint density at radius 2 is 1.66 bits per heavy atom. The van der Waals surface area contributed by atoms with E-state index >= 15 is 0 Å². The van der Waals surface area contributed by atoms with Gasteiger partial charge in [-0.05, 0) is 52.9 Å². The fourth-order valence-corrected chi connectivity index (χ4v) is 3.52. The van der Waals surface area contributed by atoms with E-state index in [0.717, 1.165) is 17.5 Å². The maximum Gasteiger partial charge on any atom is 0.338 e. The number of benzene rings is 3. The summed E-state index contributed by atoms with van der Waals surface area (Å²) in [6, 6.07) is 20.1. The number of rotatable bonds is 5. The van der Waals surface area contributed by atoms with Gasteiger partial charge in [0.2, 0.25) is 5.91 Å². The molecule has 0 aliphatic heterocycles. The second kappa shape index (κ2) is 7.72. The molecule has 5 nitrogen and oxygen atoms in total. The summed E-state index contributed by atoms with van der Waals surface area (Å²) in [6.45, 7) is 1.04. The molecule has 0 saturated carbocycles. The van der Waals surface area contributed by atoms with Gasteiger partial charge in [0, 0.05) is 18.2 Å². The van der Waals surface area contributed by atoms with Crippen molar-refractivity contribution in [3.8, 4) is 11.1 Å². The summed E-state index contributed by atoms with van der Waals surface area (Å²) in [7, 11) is 0. The van der Waals surface area contributed by atoms with Crippen LogP contribution < -0.4 is 5.32 Å². The Morgan fingerprint density at radius 1 is 0.862 bits per heavy atom. The number of ether oxygens (including phenoxy) is 1. The van der Waals surface area contributed by atoms with Crippen LogP contribution in [0.25, 0.3) is 11.1 Å². The minimum atomic E-state index is -0.614. The third kappa shape index (κ3) is 3.94. The molecule has 0 saturated heterocycles. The van der Waals surface area contributed by atoms with E-state index in [2.05, 4.69) is 17.4 Å². The minimum absolute atomic E-state index is 0.233. The molecule has 4 rings (SSSR count). The highest BCUT2D eigenvalue weighted by Gasteiger charge is 2.20. The van der Waals surface area contributed by atoms with Crippen LogP contribution in [0.5, 0.6) is 0 Å². The number of carbonyl (C=O) groups is 3. The molecule has 0 fully saturated rings. The van der Waals surface area contributed by atoms with Crippen molar-refractivity contribution in [2.24, 2.45) is 0 Å². The van der Waals surface area contributed by atoms with Crippen molar-refractivity contribution in [1.82, 2.24) is 0 Å². The summed E-state index contributed by atoms with van der Waals surface area (Å²) in [5.74, 6) is -1.11. The van der Waals surface area contributed by atoms with Gasteiger partial charge < -0.3 is 10.1 Å². The summed E-state index contributed by atoms with van der Waals surface area (Å²) in [6.07, 6.45) is 0.861. The van der Waals surface area contributed by atoms with Crippen molar-refractivity contribution < 1.29 is 19.1 Å². The van der Waals surface area contributed by atoms with Crippen molar-refractivity contribution in [1.29, 1.82) is 0 Å². The highest BCUT2D eigenvalue weighted by Crippen LogP contribution is 2.36. The lowest BCUT2D eigenvalue weighted by atomic mass is 10.0. The summed E-state index contributed by atoms with van der Waals surface area (Å²) in [5.41, 5.74) is 5.92. The van der Waals surface area contributed by atoms with Crippen LogP contribution in [0, 0.1) is 0 Å². The van der Waals surface area contributed by atoms with Crippen LogP contribution >= 0.6 is 0 Å². The number of Topliss-reactive ketones (excluding diaryl/α,β-unsaturated/α-hetero) is 1. The second-order valence-corrected chi connectivity index (χ2v) is 6.97. The van der Waals surface area contributed by atoms with Gasteiger partial charge in [0.05, 0.1) is 5.56 Å². The first-order valence-corrected chi connectivity index (χ1v) is 9.30. The van der Waals surface area contributed by atoms with Crippen LogP contribution in [-0.4, -0.2) is 24.3 Å². The summed E-state index contributed by atoms with van der Waals surface area (Å²) < 4.78 is 5.19. The zero-order valence-electron chi connectivity index (χ0n) is 15.9. The number of carbonyl (C=O) groups excluding carboxylic acids is 3. The predicted octanol–water partition coefficient (Wildman–Crippen LogP) is 4.26. The number of nitrogens with one attached hydrogen (secondary N) is 1. The van der Waals surface area contributed by atoms with Crippen molar-refractivity contribution in [2.45, 2.75) is 13.3 Å². The molecule has 1 amide bonds. The zero-order chi connectivity index (χ0) is 20.4. The average Bonchev–Trinajstić information content (AvgIpc) is 3.09. The zero-order valence-corrected chi connectivity index (χ0v) is 15.9. The molecule has 0 aromatic heterocycles. The van der Waals surface area contributed by atoms with E-state index in [9.17, 15) is 14.4 Å². The number of esters is 1. The van der Waals surface area contributed by atoms with Gasteiger partial charge in [-0.3, -0.25) is 9.59 Å². The van der Waals surface area contributed by atoms with Crippen molar-refractivity contribution >= 4 is 23.3 Å². The Labute approximate surface area is 168 Å². The first-order chi connectivity index (χ1) is 14.0. The van der Waals surface area contributed by atoms with Crippen molar-refractivity contribution in [3.63, 3.8) is 0 Å². The molecule has 1 aliphatic carbocycles. The van der Waals surface area contributed by atoms with E-state index in [1.807, 2.05) is 24.3 Å². The van der Waals surface area contributed by atoms with E-state index in [1.165, 1.54) is 24.1 Å². The molecule has 0 atom stereocenters. The molecule has 0 bridgehead atoms. The highest BCUT2D eigenvalue weighted by atomic mass is 16.5. The van der Waals surface area contributed by atoms with E-state index in [1.54, 1.807) is 24.3 Å². The predicted molar refractivity (Wildman–Crippen MR) is 110 cm³/mol. The summed E-state index contributed by atoms with van der Waals surface area (Å²) >= 11 is 0. The fourth-order valence-electron chi connectivity index (χ4n) is 3.52. The van der Waals surface area contributed by atoms with Crippen LogP contribution in [0.2, 0.25) is 0 Å². The Bertz CT molecular complexity index is 1130. The van der Waals surface area contributed by atoms with E-state index < -0.39 is 5.97 Å². The highest BCUT2D eigenvalue weighted by molar-refractivity contribution is 6.01. The lowest BCUT2D eigenvalue weighted by Crippen LogP contribution is -2.15. The number of hydrogen-bond donors (Lipinski definition) is 1. The largest absolute Gasteiger partial charge is 0.454 e. The van der Waals surface area contributed by atoms with Gasteiger partial charge in [-0.1, -0.05) is 42.5 Å². The second-order valence-electron chi connectivity index (χ2n) is 6.97. The van der Waals surface area contributed by atoms with Gasteiger partial charge in [-0.2, -0.15) is 0 Å². The fraction of sp³-hybridized carbons (Fsp3) is 0.125. The van der Waals surface area contributed by atoms with Gasteiger partial charge >= 0.3 is 5.97 Å². The van der Waals surface area contributed by atoms with E-state index in [4.69, 9.17) is 4.74 Å². The molecule has 0 unspecified atom stereocenters. The molecular formula is C24H19NO4. The van der Waals surface area contributed by atoms with E-state index in [0.29, 0.717) is 11.3 Å². The molecule has 1 N–H and O–H groups in total.